The van der Waals surface area contributed by atoms with E-state index in [1.165, 1.54) is 50.5 Å². The Labute approximate surface area is 313 Å². The molecule has 0 unspecified atom stereocenters. The van der Waals surface area contributed by atoms with E-state index in [9.17, 15) is 19.5 Å². The van der Waals surface area contributed by atoms with E-state index in [1.54, 1.807) is 19.9 Å². The lowest BCUT2D eigenvalue weighted by Gasteiger charge is -2.73. The molecule has 0 saturated heterocycles. The van der Waals surface area contributed by atoms with E-state index < -0.39 is 17.4 Å². The van der Waals surface area contributed by atoms with Crippen LogP contribution >= 0.6 is 0 Å². The molecule has 0 aliphatic heterocycles. The van der Waals surface area contributed by atoms with Crippen LogP contribution in [0, 0.1) is 69.0 Å². The molecule has 8 nitrogen and oxygen atoms in total. The third-order valence-corrected chi connectivity index (χ3v) is 16.5. The number of rotatable bonds is 10. The predicted octanol–water partition coefficient (Wildman–Crippen LogP) is 10.2. The number of ether oxygens (including phenoxy) is 2. The highest BCUT2D eigenvalue weighted by Gasteiger charge is 2.71. The van der Waals surface area contributed by atoms with Crippen LogP contribution in [0.4, 0.5) is 0 Å². The Bertz CT molecular complexity index is 1540. The largest absolute Gasteiger partial charge is 0.481 e. The van der Waals surface area contributed by atoms with Crippen molar-refractivity contribution in [3.63, 3.8) is 0 Å². The number of allylic oxidation sites excluding steroid dienone is 1. The van der Waals surface area contributed by atoms with Crippen molar-refractivity contribution in [3.8, 4) is 0 Å². The first-order chi connectivity index (χ1) is 23.7. The Morgan fingerprint density at radius 1 is 0.942 bits per heavy atom. The first-order valence-corrected chi connectivity index (χ1v) is 19.9. The second kappa shape index (κ2) is 13.9. The van der Waals surface area contributed by atoms with Crippen LogP contribution < -0.4 is 0 Å². The molecule has 0 spiro atoms. The Hall–Kier alpha value is -2.64. The van der Waals surface area contributed by atoms with Gasteiger partial charge in [0.1, 0.15) is 11.9 Å². The molecule has 8 heteroatoms. The zero-order chi connectivity index (χ0) is 37.4. The van der Waals surface area contributed by atoms with Crippen LogP contribution in [0.1, 0.15) is 151 Å². The van der Waals surface area contributed by atoms with Crippen LogP contribution in [-0.2, 0) is 30.3 Å². The van der Waals surface area contributed by atoms with Crippen molar-refractivity contribution in [1.29, 1.82) is 0 Å². The van der Waals surface area contributed by atoms with E-state index in [1.807, 2.05) is 6.92 Å². The number of fused-ring (bicyclic) bond motifs is 7. The molecule has 0 aromatic carbocycles. The summed E-state index contributed by atoms with van der Waals surface area (Å²) in [6, 6.07) is 1.80. The highest BCUT2D eigenvalue weighted by Crippen LogP contribution is 2.78. The number of hydrogen-bond acceptors (Lipinski definition) is 7. The number of carbonyl (C=O) groups excluding carboxylic acids is 2. The van der Waals surface area contributed by atoms with Crippen molar-refractivity contribution < 1.29 is 33.5 Å². The van der Waals surface area contributed by atoms with Gasteiger partial charge in [-0.15, -0.1) is 0 Å². The Balaban J connectivity index is 0.00000523. The van der Waals surface area contributed by atoms with Crippen molar-refractivity contribution >= 4 is 17.9 Å². The molecule has 0 bridgehead atoms. The topological polar surface area (TPSA) is 116 Å². The highest BCUT2D eigenvalue weighted by molar-refractivity contribution is 5.81. The average Bonchev–Trinajstić information content (AvgIpc) is 3.62. The number of carboxylic acids is 1. The van der Waals surface area contributed by atoms with Crippen molar-refractivity contribution in [2.24, 2.45) is 62.1 Å². The number of aromatic nitrogens is 1. The van der Waals surface area contributed by atoms with Gasteiger partial charge in [-0.3, -0.25) is 14.4 Å². The van der Waals surface area contributed by atoms with Gasteiger partial charge in [0.05, 0.1) is 30.6 Å². The van der Waals surface area contributed by atoms with Crippen LogP contribution in [0.3, 0.4) is 0 Å². The van der Waals surface area contributed by atoms with Gasteiger partial charge in [0.25, 0.3) is 0 Å². The van der Waals surface area contributed by atoms with E-state index >= 15 is 0 Å². The molecular formula is C44H69NO7. The predicted molar refractivity (Wildman–Crippen MR) is 202 cm³/mol. The van der Waals surface area contributed by atoms with E-state index in [-0.39, 0.29) is 59.4 Å². The SMILES string of the molecule is C.C=C(C)[C@@H]1CC[C@]2(CCOC(=O)Cc3cc(C)on3)CC[C@]3(C)[C@H](CC[C@@H]4[C@@]5(C)CC[C@H](OC(=O)CC(C)(C)C(=O)O)C(C)(C)[C@@H]5CC[C@]43C)[C@@H]12. The van der Waals surface area contributed by atoms with E-state index in [0.29, 0.717) is 47.7 Å². The number of nitrogens with zero attached hydrogens (tertiary/aromatic N) is 1. The number of carbonyl (C=O) groups is 3. The fraction of sp³-hybridized carbons (Fsp3) is 0.818. The number of hydrogen-bond donors (Lipinski definition) is 1. The van der Waals surface area contributed by atoms with E-state index in [4.69, 9.17) is 14.0 Å². The normalized spacial score (nSPS) is 39.1. The minimum atomic E-state index is -1.15. The maximum Gasteiger partial charge on any atom is 0.311 e. The average molecular weight is 724 g/mol. The van der Waals surface area contributed by atoms with Gasteiger partial charge in [-0.25, -0.2) is 0 Å². The van der Waals surface area contributed by atoms with Gasteiger partial charge in [0, 0.05) is 11.5 Å². The first kappa shape index (κ1) is 40.5. The number of aliphatic carboxylic acids is 1. The van der Waals surface area contributed by atoms with Crippen LogP contribution in [0.2, 0.25) is 0 Å². The fourth-order valence-electron chi connectivity index (χ4n) is 13.6. The lowest BCUT2D eigenvalue weighted by molar-refractivity contribution is -0.251. The summed E-state index contributed by atoms with van der Waals surface area (Å²) in [6.45, 7) is 24.7. The Kier molecular flexibility index (Phi) is 10.8. The molecule has 1 aromatic rings. The maximum atomic E-state index is 13.1. The number of esters is 2. The molecule has 0 amide bonds. The molecule has 5 aliphatic rings. The zero-order valence-corrected chi connectivity index (χ0v) is 33.0. The molecule has 1 N–H and O–H groups in total. The summed E-state index contributed by atoms with van der Waals surface area (Å²) >= 11 is 0. The lowest BCUT2D eigenvalue weighted by atomic mass is 9.32. The van der Waals surface area contributed by atoms with Crippen molar-refractivity contribution in [2.45, 2.75) is 159 Å². The molecule has 6 rings (SSSR count). The fourth-order valence-corrected chi connectivity index (χ4v) is 13.6. The third kappa shape index (κ3) is 6.48. The van der Waals surface area contributed by atoms with Gasteiger partial charge in [0.2, 0.25) is 0 Å². The molecule has 1 aromatic heterocycles. The summed E-state index contributed by atoms with van der Waals surface area (Å²) in [5.41, 5.74) is 1.30. The van der Waals surface area contributed by atoms with Gasteiger partial charge in [-0.05, 0) is 150 Å². The van der Waals surface area contributed by atoms with Gasteiger partial charge in [0.15, 0.2) is 0 Å². The lowest BCUT2D eigenvalue weighted by Crippen LogP contribution is -2.66. The first-order valence-electron chi connectivity index (χ1n) is 19.9. The van der Waals surface area contributed by atoms with Gasteiger partial charge in [-0.1, -0.05) is 59.4 Å². The molecule has 292 valence electrons. The maximum absolute atomic E-state index is 13.1. The number of aryl methyl sites for hydroxylation is 1. The molecule has 1 heterocycles. The van der Waals surface area contributed by atoms with Gasteiger partial charge in [-0.2, -0.15) is 0 Å². The monoisotopic (exact) mass is 724 g/mol. The smallest absolute Gasteiger partial charge is 0.311 e. The van der Waals surface area contributed by atoms with Crippen LogP contribution in [0.15, 0.2) is 22.7 Å². The summed E-state index contributed by atoms with van der Waals surface area (Å²) in [7, 11) is 0. The summed E-state index contributed by atoms with van der Waals surface area (Å²) in [4.78, 5) is 37.6. The van der Waals surface area contributed by atoms with Crippen LogP contribution in [-0.4, -0.2) is 40.9 Å². The second-order valence-corrected chi connectivity index (χ2v) is 19.8. The third-order valence-electron chi connectivity index (χ3n) is 16.5. The quantitative estimate of drug-likeness (QED) is 0.187. The van der Waals surface area contributed by atoms with Crippen molar-refractivity contribution in [3.05, 3.63) is 29.7 Å². The highest BCUT2D eigenvalue weighted by atomic mass is 16.5. The molecule has 0 radical (unpaired) electrons. The van der Waals surface area contributed by atoms with Crippen LogP contribution in [0.5, 0.6) is 0 Å². The van der Waals surface area contributed by atoms with Gasteiger partial charge >= 0.3 is 17.9 Å². The molecule has 5 fully saturated rings. The molecule has 52 heavy (non-hydrogen) atoms. The summed E-state index contributed by atoms with van der Waals surface area (Å²) in [6.07, 6.45) is 12.1. The second-order valence-electron chi connectivity index (χ2n) is 19.8. The van der Waals surface area contributed by atoms with Gasteiger partial charge < -0.3 is 19.1 Å². The molecule has 5 saturated carbocycles. The number of carboxylic acid groups (broad SMARTS) is 1. The van der Waals surface area contributed by atoms with E-state index in [0.717, 1.165) is 25.7 Å². The van der Waals surface area contributed by atoms with Crippen molar-refractivity contribution in [1.82, 2.24) is 5.16 Å². The zero-order valence-electron chi connectivity index (χ0n) is 33.0. The molecule has 5 aliphatic carbocycles. The molecule has 10 atom stereocenters. The standard InChI is InChI=1S/C43H65NO7.CH4/c1-26(2)29-13-18-43(21-22-49-34(45)24-28-23-27(3)51-44-28)20-19-41(9)30(36(29)43)11-12-32-40(8)16-15-33(50-35(46)25-38(4,5)37(47)48)39(6,7)31(40)14-17-42(32,41)10;/h23,29-33,36H,1,11-22,24-25H2,2-10H3,(H,47,48);1H4/t29-,30+,31-,32+,33-,36+,40-,41+,42+,43+;/m0./s1. The summed E-state index contributed by atoms with van der Waals surface area (Å²) < 4.78 is 17.2. The summed E-state index contributed by atoms with van der Waals surface area (Å²) in [5, 5.41) is 13.6. The Morgan fingerprint density at radius 2 is 1.65 bits per heavy atom. The van der Waals surface area contributed by atoms with Crippen LogP contribution in [0.25, 0.3) is 0 Å². The minimum absolute atomic E-state index is 0. The summed E-state index contributed by atoms with van der Waals surface area (Å²) in [5.74, 6) is 1.77. The molecular weight excluding hydrogens is 654 g/mol. The Morgan fingerprint density at radius 3 is 2.29 bits per heavy atom. The minimum Gasteiger partial charge on any atom is -0.481 e. The van der Waals surface area contributed by atoms with E-state index in [2.05, 4.69) is 53.3 Å². The van der Waals surface area contributed by atoms with Crippen molar-refractivity contribution in [2.75, 3.05) is 6.61 Å².